The Morgan fingerprint density at radius 1 is 0.914 bits per heavy atom. The Labute approximate surface area is 197 Å². The molecular formula is C25H16F3N3O4. The summed E-state index contributed by atoms with van der Waals surface area (Å²) in [7, 11) is 0. The van der Waals surface area contributed by atoms with E-state index in [0.29, 0.717) is 17.1 Å². The lowest BCUT2D eigenvalue weighted by atomic mass is 10.1. The van der Waals surface area contributed by atoms with E-state index in [0.717, 1.165) is 12.1 Å². The van der Waals surface area contributed by atoms with Gasteiger partial charge in [0.15, 0.2) is 11.5 Å². The molecule has 2 amide bonds. The summed E-state index contributed by atoms with van der Waals surface area (Å²) in [5.41, 5.74) is -0.248. The highest BCUT2D eigenvalue weighted by Gasteiger charge is 2.30. The highest BCUT2D eigenvalue weighted by atomic mass is 19.4. The number of fused-ring (bicyclic) bond motifs is 1. The van der Waals surface area contributed by atoms with Crippen LogP contribution in [0.4, 0.5) is 24.5 Å². The average molecular weight is 479 g/mol. The van der Waals surface area contributed by atoms with Crippen LogP contribution in [0.5, 0.6) is 11.5 Å². The van der Waals surface area contributed by atoms with Crippen LogP contribution in [0.1, 0.15) is 21.5 Å². The highest BCUT2D eigenvalue weighted by Crippen LogP contribution is 2.33. The summed E-state index contributed by atoms with van der Waals surface area (Å²) in [6.07, 6.45) is -3.17. The first kappa shape index (κ1) is 23.4. The van der Waals surface area contributed by atoms with Gasteiger partial charge in [-0.15, -0.1) is 0 Å². The summed E-state index contributed by atoms with van der Waals surface area (Å²) in [4.78, 5) is 25.2. The summed E-state index contributed by atoms with van der Waals surface area (Å²) in [5, 5.41) is 14.4. The molecule has 3 aromatic rings. The molecule has 0 unspecified atom stereocenters. The van der Waals surface area contributed by atoms with Crippen molar-refractivity contribution in [3.8, 4) is 17.6 Å². The summed E-state index contributed by atoms with van der Waals surface area (Å²) in [6, 6.07) is 16.8. The van der Waals surface area contributed by atoms with Crippen molar-refractivity contribution >= 4 is 29.3 Å². The maximum absolute atomic E-state index is 12.9. The number of hydrogen-bond donors (Lipinski definition) is 2. The minimum absolute atomic E-state index is 0.0299. The molecule has 0 radical (unpaired) electrons. The molecule has 0 saturated carbocycles. The molecule has 10 heteroatoms. The van der Waals surface area contributed by atoms with Gasteiger partial charge in [0.05, 0.1) is 5.56 Å². The Bertz CT molecular complexity index is 1380. The largest absolute Gasteiger partial charge is 0.454 e. The number of halogens is 3. The molecule has 0 bridgehead atoms. The molecule has 176 valence electrons. The average Bonchev–Trinajstić information content (AvgIpc) is 3.30. The van der Waals surface area contributed by atoms with Crippen molar-refractivity contribution < 1.29 is 32.2 Å². The van der Waals surface area contributed by atoms with Crippen LogP contribution in [-0.2, 0) is 11.0 Å². The van der Waals surface area contributed by atoms with E-state index in [2.05, 4.69) is 10.6 Å². The maximum atomic E-state index is 12.9. The standard InChI is InChI=1S/C25H16F3N3O4/c26-25(27,28)18-4-2-6-20(12-18)31-23(32)16-3-1-5-19(11-16)30-24(33)17(13-29)9-15-7-8-21-22(10-15)35-14-34-21/h1-12H,14H2,(H,30,33)(H,31,32). The first-order valence-electron chi connectivity index (χ1n) is 10.1. The van der Waals surface area contributed by atoms with Crippen LogP contribution >= 0.6 is 0 Å². The lowest BCUT2D eigenvalue weighted by molar-refractivity contribution is -0.137. The Balaban J connectivity index is 1.47. The number of nitrogens with zero attached hydrogens (tertiary/aromatic N) is 1. The van der Waals surface area contributed by atoms with Gasteiger partial charge in [-0.25, -0.2) is 0 Å². The van der Waals surface area contributed by atoms with E-state index in [1.807, 2.05) is 6.07 Å². The Kier molecular flexibility index (Phi) is 6.42. The Morgan fingerprint density at radius 3 is 2.37 bits per heavy atom. The van der Waals surface area contributed by atoms with Gasteiger partial charge in [0.1, 0.15) is 11.6 Å². The van der Waals surface area contributed by atoms with E-state index in [-0.39, 0.29) is 29.3 Å². The molecule has 0 atom stereocenters. The predicted molar refractivity (Wildman–Crippen MR) is 121 cm³/mol. The Morgan fingerprint density at radius 2 is 1.63 bits per heavy atom. The van der Waals surface area contributed by atoms with E-state index in [1.54, 1.807) is 18.2 Å². The third-order valence-electron chi connectivity index (χ3n) is 4.90. The molecule has 0 fully saturated rings. The normalized spacial score (nSPS) is 12.6. The van der Waals surface area contributed by atoms with Gasteiger partial charge >= 0.3 is 6.18 Å². The van der Waals surface area contributed by atoms with Crippen LogP contribution < -0.4 is 20.1 Å². The second-order valence-electron chi connectivity index (χ2n) is 7.35. The van der Waals surface area contributed by atoms with Crippen molar-refractivity contribution in [3.63, 3.8) is 0 Å². The molecule has 0 aromatic heterocycles. The SMILES string of the molecule is N#CC(=Cc1ccc2c(c1)OCO2)C(=O)Nc1cccc(C(=O)Nc2cccc(C(F)(F)F)c2)c1. The predicted octanol–water partition coefficient (Wildman–Crippen LogP) is 5.23. The third kappa shape index (κ3) is 5.59. The first-order valence-corrected chi connectivity index (χ1v) is 10.1. The number of alkyl halides is 3. The zero-order valence-corrected chi connectivity index (χ0v) is 17.8. The number of nitriles is 1. The van der Waals surface area contributed by atoms with Gasteiger partial charge in [-0.1, -0.05) is 18.2 Å². The van der Waals surface area contributed by atoms with Crippen molar-refractivity contribution in [1.82, 2.24) is 0 Å². The lowest BCUT2D eigenvalue weighted by Gasteiger charge is -2.11. The van der Waals surface area contributed by atoms with Gasteiger partial charge in [0.25, 0.3) is 11.8 Å². The van der Waals surface area contributed by atoms with Crippen LogP contribution in [0.3, 0.4) is 0 Å². The zero-order valence-electron chi connectivity index (χ0n) is 17.8. The number of nitrogens with one attached hydrogen (secondary N) is 2. The quantitative estimate of drug-likeness (QED) is 0.386. The first-order chi connectivity index (χ1) is 16.7. The molecule has 1 aliphatic heterocycles. The van der Waals surface area contributed by atoms with Gasteiger partial charge in [-0.3, -0.25) is 9.59 Å². The van der Waals surface area contributed by atoms with Crippen molar-refractivity contribution in [2.45, 2.75) is 6.18 Å². The van der Waals surface area contributed by atoms with Gasteiger partial charge in [-0.05, 0) is 60.2 Å². The van der Waals surface area contributed by atoms with E-state index in [4.69, 9.17) is 9.47 Å². The fourth-order valence-electron chi connectivity index (χ4n) is 3.23. The summed E-state index contributed by atoms with van der Waals surface area (Å²) in [6.45, 7) is 0.0891. The summed E-state index contributed by atoms with van der Waals surface area (Å²) in [5.74, 6) is -0.321. The van der Waals surface area contributed by atoms with E-state index in [1.165, 1.54) is 42.5 Å². The molecular weight excluding hydrogens is 463 g/mol. The van der Waals surface area contributed by atoms with E-state index in [9.17, 15) is 28.0 Å². The molecule has 0 aliphatic carbocycles. The molecule has 1 aliphatic rings. The minimum atomic E-state index is -4.54. The summed E-state index contributed by atoms with van der Waals surface area (Å²) < 4.78 is 49.2. The highest BCUT2D eigenvalue weighted by molar-refractivity contribution is 6.10. The third-order valence-corrected chi connectivity index (χ3v) is 4.90. The summed E-state index contributed by atoms with van der Waals surface area (Å²) >= 11 is 0. The van der Waals surface area contributed by atoms with Crippen molar-refractivity contribution in [1.29, 1.82) is 5.26 Å². The minimum Gasteiger partial charge on any atom is -0.454 e. The number of carbonyl (C=O) groups excluding carboxylic acids is 2. The van der Waals surface area contributed by atoms with Gasteiger partial charge in [0, 0.05) is 16.9 Å². The van der Waals surface area contributed by atoms with Crippen LogP contribution in [0.15, 0.2) is 72.3 Å². The van der Waals surface area contributed by atoms with Crippen LogP contribution in [0.2, 0.25) is 0 Å². The van der Waals surface area contributed by atoms with Crippen molar-refractivity contribution in [2.24, 2.45) is 0 Å². The van der Waals surface area contributed by atoms with Gasteiger partial charge in [-0.2, -0.15) is 18.4 Å². The Hall–Kier alpha value is -4.78. The number of ether oxygens (including phenoxy) is 2. The van der Waals surface area contributed by atoms with E-state index >= 15 is 0 Å². The fourth-order valence-corrected chi connectivity index (χ4v) is 3.23. The van der Waals surface area contributed by atoms with E-state index < -0.39 is 23.6 Å². The van der Waals surface area contributed by atoms with Crippen LogP contribution in [0.25, 0.3) is 6.08 Å². The fraction of sp³-hybridized carbons (Fsp3) is 0.0800. The number of amides is 2. The molecule has 0 spiro atoms. The van der Waals surface area contributed by atoms with Crippen LogP contribution in [0, 0.1) is 11.3 Å². The maximum Gasteiger partial charge on any atom is 0.416 e. The van der Waals surface area contributed by atoms with Gasteiger partial charge < -0.3 is 20.1 Å². The molecule has 3 aromatic carbocycles. The smallest absolute Gasteiger partial charge is 0.416 e. The number of carbonyl (C=O) groups is 2. The molecule has 0 saturated heterocycles. The monoisotopic (exact) mass is 479 g/mol. The molecule has 1 heterocycles. The topological polar surface area (TPSA) is 100 Å². The second-order valence-corrected chi connectivity index (χ2v) is 7.35. The number of rotatable bonds is 5. The lowest BCUT2D eigenvalue weighted by Crippen LogP contribution is -2.16. The molecule has 2 N–H and O–H groups in total. The molecule has 35 heavy (non-hydrogen) atoms. The van der Waals surface area contributed by atoms with Crippen molar-refractivity contribution in [2.75, 3.05) is 17.4 Å². The molecule has 4 rings (SSSR count). The number of benzene rings is 3. The van der Waals surface area contributed by atoms with Gasteiger partial charge in [0.2, 0.25) is 6.79 Å². The molecule has 7 nitrogen and oxygen atoms in total. The van der Waals surface area contributed by atoms with Crippen molar-refractivity contribution in [3.05, 3.63) is 89.0 Å². The van der Waals surface area contributed by atoms with Crippen LogP contribution in [-0.4, -0.2) is 18.6 Å². The second kappa shape index (κ2) is 9.61. The number of hydrogen-bond acceptors (Lipinski definition) is 5. The number of anilines is 2. The zero-order chi connectivity index (χ0) is 25.0.